The van der Waals surface area contributed by atoms with Crippen LogP contribution in [0.1, 0.15) is 43.0 Å². The van der Waals surface area contributed by atoms with Crippen molar-refractivity contribution in [3.05, 3.63) is 47.0 Å². The van der Waals surface area contributed by atoms with Gasteiger partial charge in [-0.3, -0.25) is 0 Å². The lowest BCUT2D eigenvalue weighted by atomic mass is 9.97. The Balaban J connectivity index is 2.28. The van der Waals surface area contributed by atoms with Gasteiger partial charge in [-0.05, 0) is 49.4 Å². The predicted molar refractivity (Wildman–Crippen MR) is 69.7 cm³/mol. The van der Waals surface area contributed by atoms with Crippen LogP contribution in [-0.4, -0.2) is 6.54 Å². The number of fused-ring (bicyclic) bond motifs is 1. The van der Waals surface area contributed by atoms with Gasteiger partial charge in [-0.25, -0.2) is 0 Å². The van der Waals surface area contributed by atoms with Crippen molar-refractivity contribution in [3.63, 3.8) is 0 Å². The lowest BCUT2D eigenvalue weighted by Gasteiger charge is -2.19. The van der Waals surface area contributed by atoms with Gasteiger partial charge in [0.1, 0.15) is 0 Å². The van der Waals surface area contributed by atoms with Gasteiger partial charge in [0.05, 0.1) is 6.04 Å². The molecule has 1 unspecified atom stereocenters. The van der Waals surface area contributed by atoms with Crippen molar-refractivity contribution in [1.29, 1.82) is 0 Å². The van der Waals surface area contributed by atoms with E-state index in [1.54, 1.807) is 11.1 Å². The molecule has 1 N–H and O–H groups in total. The van der Waals surface area contributed by atoms with E-state index in [0.29, 0.717) is 6.04 Å². The molecule has 1 aliphatic carbocycles. The van der Waals surface area contributed by atoms with Gasteiger partial charge in [-0.1, -0.05) is 37.3 Å². The van der Waals surface area contributed by atoms with E-state index in [0.717, 1.165) is 6.54 Å². The molecule has 2 rings (SSSR count). The van der Waals surface area contributed by atoms with Gasteiger partial charge in [-0.2, -0.15) is 0 Å². The number of nitrogens with one attached hydrogen (secondary N) is 1. The highest BCUT2D eigenvalue weighted by molar-refractivity contribution is 5.38. The molecule has 0 amide bonds. The summed E-state index contributed by atoms with van der Waals surface area (Å²) in [4.78, 5) is 0. The molecule has 1 atom stereocenters. The van der Waals surface area contributed by atoms with Crippen LogP contribution in [0.5, 0.6) is 0 Å². The predicted octanol–water partition coefficient (Wildman–Crippen LogP) is 3.40. The maximum atomic E-state index is 4.08. The summed E-state index contributed by atoms with van der Waals surface area (Å²) in [5, 5.41) is 3.49. The molecular weight excluding hydrogens is 194 g/mol. The average molecular weight is 215 g/mol. The molecular formula is C15H21N. The van der Waals surface area contributed by atoms with E-state index in [1.807, 2.05) is 0 Å². The van der Waals surface area contributed by atoms with Crippen molar-refractivity contribution in [2.45, 2.75) is 39.2 Å². The summed E-state index contributed by atoms with van der Waals surface area (Å²) in [7, 11) is 0. The minimum atomic E-state index is 0.316. The molecule has 0 fully saturated rings. The second-order valence-electron chi connectivity index (χ2n) is 4.72. The van der Waals surface area contributed by atoms with Crippen LogP contribution in [0.2, 0.25) is 0 Å². The number of hydrogen-bond donors (Lipinski definition) is 1. The van der Waals surface area contributed by atoms with E-state index in [9.17, 15) is 0 Å². The maximum Gasteiger partial charge on any atom is 0.0530 e. The first-order chi connectivity index (χ1) is 7.72. The summed E-state index contributed by atoms with van der Waals surface area (Å²) in [6.45, 7) is 9.30. The Kier molecular flexibility index (Phi) is 3.45. The normalized spacial score (nSPS) is 15.9. The van der Waals surface area contributed by atoms with E-state index >= 15 is 0 Å². The zero-order valence-electron chi connectivity index (χ0n) is 10.3. The Bertz CT molecular complexity index is 392. The van der Waals surface area contributed by atoms with E-state index < -0.39 is 0 Å². The third-order valence-corrected chi connectivity index (χ3v) is 3.36. The van der Waals surface area contributed by atoms with Gasteiger partial charge in [0.15, 0.2) is 0 Å². The van der Waals surface area contributed by atoms with Gasteiger partial charge >= 0.3 is 0 Å². The minimum Gasteiger partial charge on any atom is -0.307 e. The zero-order chi connectivity index (χ0) is 11.5. The van der Waals surface area contributed by atoms with E-state index in [-0.39, 0.29) is 0 Å². The lowest BCUT2D eigenvalue weighted by molar-refractivity contribution is 0.621. The van der Waals surface area contributed by atoms with E-state index in [1.165, 1.54) is 30.4 Å². The summed E-state index contributed by atoms with van der Waals surface area (Å²) in [6, 6.07) is 7.23. The van der Waals surface area contributed by atoms with Crippen molar-refractivity contribution in [2.24, 2.45) is 0 Å². The molecule has 0 aliphatic heterocycles. The van der Waals surface area contributed by atoms with Gasteiger partial charge < -0.3 is 5.32 Å². The van der Waals surface area contributed by atoms with Crippen molar-refractivity contribution in [1.82, 2.24) is 5.32 Å². The van der Waals surface area contributed by atoms with Crippen molar-refractivity contribution in [2.75, 3.05) is 6.54 Å². The Morgan fingerprint density at radius 3 is 2.81 bits per heavy atom. The van der Waals surface area contributed by atoms with Gasteiger partial charge in [0.2, 0.25) is 0 Å². The van der Waals surface area contributed by atoms with Crippen LogP contribution in [0.3, 0.4) is 0 Å². The highest BCUT2D eigenvalue weighted by atomic mass is 14.9. The largest absolute Gasteiger partial charge is 0.307 e. The third-order valence-electron chi connectivity index (χ3n) is 3.36. The molecule has 1 nitrogen and oxygen atoms in total. The quantitative estimate of drug-likeness (QED) is 0.759. The molecule has 0 saturated heterocycles. The molecule has 0 bridgehead atoms. The van der Waals surface area contributed by atoms with Crippen LogP contribution in [0.15, 0.2) is 30.4 Å². The average Bonchev–Trinajstić information content (AvgIpc) is 2.72. The summed E-state index contributed by atoms with van der Waals surface area (Å²) in [6.07, 6.45) is 3.82. The first-order valence-corrected chi connectivity index (χ1v) is 6.23. The second kappa shape index (κ2) is 4.84. The summed E-state index contributed by atoms with van der Waals surface area (Å²) < 4.78 is 0. The summed E-state index contributed by atoms with van der Waals surface area (Å²) in [5.41, 5.74) is 5.65. The van der Waals surface area contributed by atoms with E-state index in [2.05, 4.69) is 43.9 Å². The molecule has 1 aliphatic rings. The van der Waals surface area contributed by atoms with E-state index in [4.69, 9.17) is 0 Å². The second-order valence-corrected chi connectivity index (χ2v) is 4.72. The number of likely N-dealkylation sites (N-methyl/N-ethyl adjacent to an activating group) is 1. The topological polar surface area (TPSA) is 12.0 Å². The Hall–Kier alpha value is -1.08. The van der Waals surface area contributed by atoms with Crippen LogP contribution in [0, 0.1) is 0 Å². The van der Waals surface area contributed by atoms with Gasteiger partial charge in [0, 0.05) is 0 Å². The Morgan fingerprint density at radius 2 is 2.12 bits per heavy atom. The number of benzene rings is 1. The monoisotopic (exact) mass is 215 g/mol. The van der Waals surface area contributed by atoms with Gasteiger partial charge in [0.25, 0.3) is 0 Å². The van der Waals surface area contributed by atoms with Crippen LogP contribution in [0.4, 0.5) is 0 Å². The molecule has 0 aromatic heterocycles. The SMILES string of the molecule is C=C(C)C(NCC)c1ccc2c(c1)CCC2. The fourth-order valence-corrected chi connectivity index (χ4v) is 2.55. The number of hydrogen-bond acceptors (Lipinski definition) is 1. The first-order valence-electron chi connectivity index (χ1n) is 6.23. The number of aryl methyl sites for hydroxylation is 2. The van der Waals surface area contributed by atoms with Crippen LogP contribution >= 0.6 is 0 Å². The fraction of sp³-hybridized carbons (Fsp3) is 0.467. The summed E-state index contributed by atoms with van der Waals surface area (Å²) in [5.74, 6) is 0. The molecule has 0 radical (unpaired) electrons. The van der Waals surface area contributed by atoms with Crippen molar-refractivity contribution < 1.29 is 0 Å². The van der Waals surface area contributed by atoms with Gasteiger partial charge in [-0.15, -0.1) is 0 Å². The smallest absolute Gasteiger partial charge is 0.0530 e. The minimum absolute atomic E-state index is 0.316. The standard InChI is InChI=1S/C15H21N/c1-4-16-15(11(2)3)14-9-8-12-6-5-7-13(12)10-14/h8-10,15-16H,2,4-7H2,1,3H3. The molecule has 0 saturated carbocycles. The highest BCUT2D eigenvalue weighted by Crippen LogP contribution is 2.27. The van der Waals surface area contributed by atoms with Crippen LogP contribution < -0.4 is 5.32 Å². The van der Waals surface area contributed by atoms with Crippen LogP contribution in [0.25, 0.3) is 0 Å². The third kappa shape index (κ3) is 2.19. The Labute approximate surface area is 98.6 Å². The zero-order valence-corrected chi connectivity index (χ0v) is 10.3. The molecule has 86 valence electrons. The maximum absolute atomic E-state index is 4.08. The van der Waals surface area contributed by atoms with Crippen molar-refractivity contribution in [3.8, 4) is 0 Å². The van der Waals surface area contributed by atoms with Crippen molar-refractivity contribution >= 4 is 0 Å². The molecule has 0 heterocycles. The lowest BCUT2D eigenvalue weighted by Crippen LogP contribution is -2.21. The number of rotatable bonds is 4. The highest BCUT2D eigenvalue weighted by Gasteiger charge is 2.15. The molecule has 16 heavy (non-hydrogen) atoms. The first kappa shape index (κ1) is 11.4. The molecule has 1 aromatic rings. The fourth-order valence-electron chi connectivity index (χ4n) is 2.55. The molecule has 1 heteroatoms. The molecule has 1 aromatic carbocycles. The Morgan fingerprint density at radius 1 is 1.38 bits per heavy atom. The summed E-state index contributed by atoms with van der Waals surface area (Å²) >= 11 is 0. The molecule has 0 spiro atoms. The van der Waals surface area contributed by atoms with Crippen LogP contribution in [-0.2, 0) is 12.8 Å².